The van der Waals surface area contributed by atoms with Crippen molar-refractivity contribution >= 4 is 17.6 Å². The van der Waals surface area contributed by atoms with E-state index in [4.69, 9.17) is 0 Å². The Hall–Kier alpha value is -2.70. The highest BCUT2D eigenvalue weighted by Crippen LogP contribution is 2.30. The Morgan fingerprint density at radius 3 is 2.85 bits per heavy atom. The minimum Gasteiger partial charge on any atom is -0.481 e. The third kappa shape index (κ3) is 2.03. The van der Waals surface area contributed by atoms with Gasteiger partial charge in [0.1, 0.15) is 6.33 Å². The van der Waals surface area contributed by atoms with Gasteiger partial charge in [0.2, 0.25) is 5.82 Å². The number of nitrogens with one attached hydrogen (secondary N) is 1. The van der Waals surface area contributed by atoms with Crippen LogP contribution in [0.2, 0.25) is 0 Å². The number of carboxylic acid groups (broad SMARTS) is 1. The number of carboxylic acids is 1. The van der Waals surface area contributed by atoms with Crippen LogP contribution in [0, 0.1) is 5.92 Å². The van der Waals surface area contributed by atoms with Gasteiger partial charge < -0.3 is 10.0 Å². The van der Waals surface area contributed by atoms with E-state index in [9.17, 15) is 14.7 Å². The number of carbonyl (C=O) groups is 2. The molecule has 0 bridgehead atoms. The lowest BCUT2D eigenvalue weighted by Gasteiger charge is -2.32. The molecule has 0 fully saturated rings. The lowest BCUT2D eigenvalue weighted by Crippen LogP contribution is -2.43. The highest BCUT2D eigenvalue weighted by molar-refractivity contribution is 6.04. The molecule has 1 aliphatic rings. The third-order valence-electron chi connectivity index (χ3n) is 3.36. The molecule has 0 saturated heterocycles. The Morgan fingerprint density at radius 2 is 2.15 bits per heavy atom. The number of anilines is 1. The molecule has 2 aromatic rings. The van der Waals surface area contributed by atoms with Crippen LogP contribution >= 0.6 is 0 Å². The first kappa shape index (κ1) is 12.3. The van der Waals surface area contributed by atoms with Crippen molar-refractivity contribution < 1.29 is 14.7 Å². The quantitative estimate of drug-likeness (QED) is 0.838. The Labute approximate surface area is 114 Å². The van der Waals surface area contributed by atoms with Crippen LogP contribution in [-0.4, -0.2) is 38.7 Å². The Balaban J connectivity index is 2.01. The molecule has 1 amide bonds. The second-order valence-corrected chi connectivity index (χ2v) is 4.62. The summed E-state index contributed by atoms with van der Waals surface area (Å²) in [5, 5.41) is 15.4. The second kappa shape index (κ2) is 4.76. The summed E-state index contributed by atoms with van der Waals surface area (Å²) in [4.78, 5) is 28.9. The Kier molecular flexibility index (Phi) is 2.94. The van der Waals surface area contributed by atoms with Crippen molar-refractivity contribution in [1.82, 2.24) is 15.2 Å². The normalized spacial score (nSPS) is 17.6. The van der Waals surface area contributed by atoms with E-state index in [0.717, 1.165) is 11.3 Å². The van der Waals surface area contributed by atoms with Crippen molar-refractivity contribution in [2.24, 2.45) is 5.92 Å². The number of amides is 1. The number of hydrogen-bond donors (Lipinski definition) is 2. The van der Waals surface area contributed by atoms with E-state index in [-0.39, 0.29) is 18.3 Å². The fourth-order valence-electron chi connectivity index (χ4n) is 2.39. The first-order valence-corrected chi connectivity index (χ1v) is 6.14. The molecule has 1 aliphatic heterocycles. The fourth-order valence-corrected chi connectivity index (χ4v) is 2.39. The Morgan fingerprint density at radius 1 is 1.35 bits per heavy atom. The minimum atomic E-state index is -0.908. The summed E-state index contributed by atoms with van der Waals surface area (Å²) in [7, 11) is 0. The fraction of sp³-hybridized carbons (Fsp3) is 0.231. The van der Waals surface area contributed by atoms with Crippen LogP contribution in [0.25, 0.3) is 0 Å². The molecular weight excluding hydrogens is 260 g/mol. The summed E-state index contributed by atoms with van der Waals surface area (Å²) in [6.07, 6.45) is 1.67. The third-order valence-corrected chi connectivity index (χ3v) is 3.36. The number of para-hydroxylation sites is 1. The molecule has 1 aromatic heterocycles. The monoisotopic (exact) mass is 272 g/mol. The van der Waals surface area contributed by atoms with Crippen molar-refractivity contribution in [3.05, 3.63) is 42.0 Å². The summed E-state index contributed by atoms with van der Waals surface area (Å²) >= 11 is 0. The van der Waals surface area contributed by atoms with Gasteiger partial charge in [-0.25, -0.2) is 4.98 Å². The summed E-state index contributed by atoms with van der Waals surface area (Å²) in [5.74, 6) is -1.79. The molecule has 2 N–H and O–H groups in total. The minimum absolute atomic E-state index is 0.103. The molecule has 7 nitrogen and oxygen atoms in total. The average Bonchev–Trinajstić information content (AvgIpc) is 2.99. The molecule has 0 aliphatic carbocycles. The molecule has 0 saturated carbocycles. The van der Waals surface area contributed by atoms with E-state index in [1.165, 1.54) is 11.2 Å². The Bertz CT molecular complexity index is 653. The van der Waals surface area contributed by atoms with Gasteiger partial charge in [0.25, 0.3) is 5.91 Å². The molecule has 20 heavy (non-hydrogen) atoms. The standard InChI is InChI=1S/C13H12N4O3/c18-12(11-14-7-15-16-11)17-6-9(13(19)20)5-8-3-1-2-4-10(8)17/h1-4,7,9H,5-6H2,(H,19,20)(H,14,15,16). The van der Waals surface area contributed by atoms with Gasteiger partial charge in [-0.2, -0.15) is 5.10 Å². The van der Waals surface area contributed by atoms with E-state index in [2.05, 4.69) is 15.2 Å². The average molecular weight is 272 g/mol. The van der Waals surface area contributed by atoms with Gasteiger partial charge in [-0.3, -0.25) is 14.7 Å². The molecule has 2 heterocycles. The van der Waals surface area contributed by atoms with Gasteiger partial charge >= 0.3 is 5.97 Å². The number of H-pyrrole nitrogens is 1. The van der Waals surface area contributed by atoms with E-state index in [1.807, 2.05) is 24.3 Å². The number of aromatic amines is 1. The van der Waals surface area contributed by atoms with Crippen LogP contribution < -0.4 is 4.90 Å². The second-order valence-electron chi connectivity index (χ2n) is 4.62. The maximum atomic E-state index is 12.4. The molecular formula is C13H12N4O3. The highest BCUT2D eigenvalue weighted by Gasteiger charge is 2.33. The molecule has 1 unspecified atom stereocenters. The van der Waals surface area contributed by atoms with Crippen molar-refractivity contribution in [2.45, 2.75) is 6.42 Å². The van der Waals surface area contributed by atoms with E-state index >= 15 is 0 Å². The van der Waals surface area contributed by atoms with Crippen molar-refractivity contribution in [3.8, 4) is 0 Å². The van der Waals surface area contributed by atoms with Crippen molar-refractivity contribution in [3.63, 3.8) is 0 Å². The summed E-state index contributed by atoms with van der Waals surface area (Å²) in [6.45, 7) is 0.131. The molecule has 1 aromatic carbocycles. The number of aliphatic carboxylic acids is 1. The number of benzene rings is 1. The zero-order valence-electron chi connectivity index (χ0n) is 10.5. The number of hydrogen-bond acceptors (Lipinski definition) is 4. The number of rotatable bonds is 2. The maximum absolute atomic E-state index is 12.4. The molecule has 0 radical (unpaired) electrons. The molecule has 1 atom stereocenters. The van der Waals surface area contributed by atoms with E-state index in [1.54, 1.807) is 0 Å². The van der Waals surface area contributed by atoms with Gasteiger partial charge in [0.05, 0.1) is 5.92 Å². The summed E-state index contributed by atoms with van der Waals surface area (Å²) < 4.78 is 0. The predicted octanol–water partition coefficient (Wildman–Crippen LogP) is 0.708. The van der Waals surface area contributed by atoms with Gasteiger partial charge in [-0.05, 0) is 18.1 Å². The van der Waals surface area contributed by atoms with Gasteiger partial charge in [-0.15, -0.1) is 0 Å². The lowest BCUT2D eigenvalue weighted by molar-refractivity contribution is -0.141. The zero-order valence-corrected chi connectivity index (χ0v) is 10.5. The maximum Gasteiger partial charge on any atom is 0.308 e. The summed E-state index contributed by atoms with van der Waals surface area (Å²) in [5.41, 5.74) is 1.57. The topological polar surface area (TPSA) is 99.2 Å². The van der Waals surface area contributed by atoms with Gasteiger partial charge in [0, 0.05) is 12.2 Å². The van der Waals surface area contributed by atoms with Gasteiger partial charge in [-0.1, -0.05) is 18.2 Å². The van der Waals surface area contributed by atoms with Crippen LogP contribution in [0.5, 0.6) is 0 Å². The van der Waals surface area contributed by atoms with Gasteiger partial charge in [0.15, 0.2) is 0 Å². The van der Waals surface area contributed by atoms with Crippen LogP contribution in [-0.2, 0) is 11.2 Å². The lowest BCUT2D eigenvalue weighted by atomic mass is 9.92. The van der Waals surface area contributed by atoms with Crippen LogP contribution in [0.3, 0.4) is 0 Å². The smallest absolute Gasteiger partial charge is 0.308 e. The van der Waals surface area contributed by atoms with Crippen molar-refractivity contribution in [1.29, 1.82) is 0 Å². The first-order chi connectivity index (χ1) is 9.66. The van der Waals surface area contributed by atoms with Crippen molar-refractivity contribution in [2.75, 3.05) is 11.4 Å². The SMILES string of the molecule is O=C(O)C1Cc2ccccc2N(C(=O)c2ncn[nH]2)C1. The van der Waals surface area contributed by atoms with Crippen LogP contribution in [0.15, 0.2) is 30.6 Å². The number of fused-ring (bicyclic) bond motifs is 1. The molecule has 102 valence electrons. The number of aromatic nitrogens is 3. The highest BCUT2D eigenvalue weighted by atomic mass is 16.4. The number of nitrogens with zero attached hydrogens (tertiary/aromatic N) is 3. The largest absolute Gasteiger partial charge is 0.481 e. The van der Waals surface area contributed by atoms with Crippen LogP contribution in [0.1, 0.15) is 16.2 Å². The summed E-state index contributed by atoms with van der Waals surface area (Å²) in [6, 6.07) is 7.30. The molecule has 0 spiro atoms. The number of carbonyl (C=O) groups excluding carboxylic acids is 1. The first-order valence-electron chi connectivity index (χ1n) is 6.14. The van der Waals surface area contributed by atoms with Crippen LogP contribution in [0.4, 0.5) is 5.69 Å². The zero-order chi connectivity index (χ0) is 14.1. The molecule has 7 heteroatoms. The van der Waals surface area contributed by atoms with E-state index in [0.29, 0.717) is 6.42 Å². The predicted molar refractivity (Wildman–Crippen MR) is 69.3 cm³/mol. The van der Waals surface area contributed by atoms with E-state index < -0.39 is 11.9 Å². The molecule has 3 rings (SSSR count).